The van der Waals surface area contributed by atoms with Crippen LogP contribution in [-0.4, -0.2) is 18.3 Å². The van der Waals surface area contributed by atoms with Gasteiger partial charge in [0.1, 0.15) is 11.6 Å². The van der Waals surface area contributed by atoms with Crippen LogP contribution < -0.4 is 15.8 Å². The highest BCUT2D eigenvalue weighted by atomic mass is 35.5. The van der Waals surface area contributed by atoms with Crippen LogP contribution >= 0.6 is 12.4 Å². The minimum Gasteiger partial charge on any atom is -0.493 e. The zero-order chi connectivity index (χ0) is 21.1. The van der Waals surface area contributed by atoms with Crippen LogP contribution in [0.1, 0.15) is 23.1 Å². The van der Waals surface area contributed by atoms with E-state index in [4.69, 9.17) is 15.9 Å². The number of rotatable bonds is 4. The number of nitrogen functional groups attached to an aromatic ring is 1. The van der Waals surface area contributed by atoms with Gasteiger partial charge in [0.25, 0.3) is 5.91 Å². The van der Waals surface area contributed by atoms with E-state index in [1.54, 1.807) is 24.3 Å². The highest BCUT2D eigenvalue weighted by Gasteiger charge is 2.16. The third-order valence-corrected chi connectivity index (χ3v) is 5.10. The van der Waals surface area contributed by atoms with Crippen molar-refractivity contribution in [1.29, 1.82) is 5.41 Å². The molecule has 0 radical (unpaired) electrons. The SMILES string of the molecule is Cc1ccc(-c2ccc3c(c2)C=C(C(=O)Nc2ccc(C(=N)N)cc2)CCO3)cc1.Cl. The summed E-state index contributed by atoms with van der Waals surface area (Å²) >= 11 is 0. The summed E-state index contributed by atoms with van der Waals surface area (Å²) in [6.07, 6.45) is 2.42. The van der Waals surface area contributed by atoms with E-state index in [1.807, 2.05) is 18.2 Å². The summed E-state index contributed by atoms with van der Waals surface area (Å²) in [5.74, 6) is 0.611. The number of fused-ring (bicyclic) bond motifs is 1. The first-order valence-corrected chi connectivity index (χ1v) is 9.80. The lowest BCUT2D eigenvalue weighted by molar-refractivity contribution is -0.113. The summed E-state index contributed by atoms with van der Waals surface area (Å²) in [7, 11) is 0. The van der Waals surface area contributed by atoms with Gasteiger partial charge in [0.05, 0.1) is 6.61 Å². The first-order chi connectivity index (χ1) is 14.5. The van der Waals surface area contributed by atoms with Crippen LogP contribution in [0.4, 0.5) is 5.69 Å². The largest absolute Gasteiger partial charge is 0.493 e. The lowest BCUT2D eigenvalue weighted by Crippen LogP contribution is -2.16. The Morgan fingerprint density at radius 2 is 1.68 bits per heavy atom. The van der Waals surface area contributed by atoms with Crippen LogP contribution in [0.5, 0.6) is 5.75 Å². The van der Waals surface area contributed by atoms with Crippen molar-refractivity contribution in [3.05, 3.63) is 89.0 Å². The van der Waals surface area contributed by atoms with Gasteiger partial charge in [0.15, 0.2) is 0 Å². The number of hydrogen-bond acceptors (Lipinski definition) is 3. The maximum absolute atomic E-state index is 12.8. The molecule has 5 nitrogen and oxygen atoms in total. The first kappa shape index (κ1) is 22.1. The molecule has 0 atom stereocenters. The maximum Gasteiger partial charge on any atom is 0.251 e. The smallest absolute Gasteiger partial charge is 0.251 e. The summed E-state index contributed by atoms with van der Waals surface area (Å²) in [5, 5.41) is 10.4. The van der Waals surface area contributed by atoms with Crippen LogP contribution in [0.2, 0.25) is 0 Å². The van der Waals surface area contributed by atoms with Crippen molar-refractivity contribution < 1.29 is 9.53 Å². The summed E-state index contributed by atoms with van der Waals surface area (Å²) in [4.78, 5) is 12.8. The monoisotopic (exact) mass is 433 g/mol. The highest BCUT2D eigenvalue weighted by Crippen LogP contribution is 2.31. The summed E-state index contributed by atoms with van der Waals surface area (Å²) in [6, 6.07) is 21.3. The van der Waals surface area contributed by atoms with E-state index in [0.29, 0.717) is 29.9 Å². The van der Waals surface area contributed by atoms with Gasteiger partial charge in [0.2, 0.25) is 0 Å². The molecule has 3 aromatic rings. The van der Waals surface area contributed by atoms with Gasteiger partial charge in [-0.15, -0.1) is 12.4 Å². The zero-order valence-corrected chi connectivity index (χ0v) is 18.0. The first-order valence-electron chi connectivity index (χ1n) is 9.80. The number of amides is 1. The molecule has 0 spiro atoms. The number of carbonyl (C=O) groups excluding carboxylic acids is 1. The van der Waals surface area contributed by atoms with Crippen LogP contribution in [0.3, 0.4) is 0 Å². The normalized spacial score (nSPS) is 12.4. The van der Waals surface area contributed by atoms with E-state index in [-0.39, 0.29) is 24.1 Å². The number of aryl methyl sites for hydroxylation is 1. The van der Waals surface area contributed by atoms with Crippen molar-refractivity contribution >= 4 is 35.9 Å². The van der Waals surface area contributed by atoms with E-state index in [9.17, 15) is 4.79 Å². The van der Waals surface area contributed by atoms with Crippen molar-refractivity contribution in [3.63, 3.8) is 0 Å². The third kappa shape index (κ3) is 5.13. The second kappa shape index (κ2) is 9.49. The lowest BCUT2D eigenvalue weighted by atomic mass is 10.00. The summed E-state index contributed by atoms with van der Waals surface area (Å²) in [5.41, 5.74) is 11.7. The fourth-order valence-corrected chi connectivity index (χ4v) is 3.37. The van der Waals surface area contributed by atoms with Crippen LogP contribution in [0, 0.1) is 12.3 Å². The van der Waals surface area contributed by atoms with Gasteiger partial charge >= 0.3 is 0 Å². The Morgan fingerprint density at radius 3 is 2.35 bits per heavy atom. The maximum atomic E-state index is 12.8. The minimum absolute atomic E-state index is 0. The van der Waals surface area contributed by atoms with E-state index in [0.717, 1.165) is 22.4 Å². The van der Waals surface area contributed by atoms with Gasteiger partial charge in [-0.2, -0.15) is 0 Å². The number of hydrogen-bond donors (Lipinski definition) is 3. The second-order valence-corrected chi connectivity index (χ2v) is 7.33. The number of halogens is 1. The fraction of sp³-hybridized carbons (Fsp3) is 0.120. The molecule has 0 bridgehead atoms. The molecule has 6 heteroatoms. The molecule has 1 heterocycles. The number of anilines is 1. The molecule has 1 amide bonds. The minimum atomic E-state index is -0.164. The average molecular weight is 434 g/mol. The Balaban J connectivity index is 0.00000272. The molecule has 158 valence electrons. The third-order valence-electron chi connectivity index (χ3n) is 5.10. The molecule has 0 aliphatic carbocycles. The van der Waals surface area contributed by atoms with E-state index < -0.39 is 0 Å². The van der Waals surface area contributed by atoms with E-state index in [2.05, 4.69) is 42.6 Å². The van der Waals surface area contributed by atoms with Crippen molar-refractivity contribution in [2.75, 3.05) is 11.9 Å². The van der Waals surface area contributed by atoms with Crippen LogP contribution in [0.15, 0.2) is 72.3 Å². The molecule has 1 aliphatic heterocycles. The number of nitrogens with one attached hydrogen (secondary N) is 2. The number of nitrogens with two attached hydrogens (primary N) is 1. The molecular formula is C25H24ClN3O2. The topological polar surface area (TPSA) is 88.2 Å². The molecule has 1 aliphatic rings. The van der Waals surface area contributed by atoms with Crippen molar-refractivity contribution in [1.82, 2.24) is 0 Å². The predicted molar refractivity (Wildman–Crippen MR) is 128 cm³/mol. The Hall–Kier alpha value is -3.57. The van der Waals surface area contributed by atoms with Gasteiger partial charge < -0.3 is 15.8 Å². The standard InChI is InChI=1S/C25H23N3O2.ClH/c1-16-2-4-17(5-3-16)19-8-11-23-21(14-19)15-20(12-13-30-23)25(29)28-22-9-6-18(7-10-22)24(26)27;/h2-11,14-15H,12-13H2,1H3,(H3,26,27)(H,28,29);1H. The van der Waals surface area contributed by atoms with Gasteiger partial charge in [-0.05, 0) is 60.5 Å². The van der Waals surface area contributed by atoms with Crippen LogP contribution in [0.25, 0.3) is 17.2 Å². The van der Waals surface area contributed by atoms with Crippen LogP contribution in [-0.2, 0) is 4.79 Å². The number of benzene rings is 3. The fourth-order valence-electron chi connectivity index (χ4n) is 3.37. The molecule has 0 unspecified atom stereocenters. The molecule has 4 N–H and O–H groups in total. The molecule has 4 rings (SSSR count). The molecule has 31 heavy (non-hydrogen) atoms. The summed E-state index contributed by atoms with van der Waals surface area (Å²) < 4.78 is 5.86. The lowest BCUT2D eigenvalue weighted by Gasteiger charge is -2.09. The molecule has 0 aromatic heterocycles. The Bertz CT molecular complexity index is 1140. The van der Waals surface area contributed by atoms with Gasteiger partial charge in [-0.1, -0.05) is 35.9 Å². The molecule has 3 aromatic carbocycles. The summed E-state index contributed by atoms with van der Waals surface area (Å²) in [6.45, 7) is 2.51. The Labute approximate surface area is 187 Å². The second-order valence-electron chi connectivity index (χ2n) is 7.33. The quantitative estimate of drug-likeness (QED) is 0.391. The molecular weight excluding hydrogens is 410 g/mol. The van der Waals surface area contributed by atoms with E-state index in [1.165, 1.54) is 5.56 Å². The average Bonchev–Trinajstić information content (AvgIpc) is 2.96. The van der Waals surface area contributed by atoms with Gasteiger partial charge in [0, 0.05) is 28.8 Å². The molecule has 0 saturated heterocycles. The highest BCUT2D eigenvalue weighted by molar-refractivity contribution is 6.07. The van der Waals surface area contributed by atoms with Gasteiger partial charge in [-0.25, -0.2) is 0 Å². The number of ether oxygens (including phenoxy) is 1. The van der Waals surface area contributed by atoms with Crippen molar-refractivity contribution in [3.8, 4) is 16.9 Å². The molecule has 0 fully saturated rings. The van der Waals surface area contributed by atoms with Gasteiger partial charge in [-0.3, -0.25) is 10.2 Å². The Kier molecular flexibility index (Phi) is 6.78. The number of amidine groups is 1. The zero-order valence-electron chi connectivity index (χ0n) is 17.1. The van der Waals surface area contributed by atoms with E-state index >= 15 is 0 Å². The van der Waals surface area contributed by atoms with Crippen molar-refractivity contribution in [2.45, 2.75) is 13.3 Å². The molecule has 0 saturated carbocycles. The Morgan fingerprint density at radius 1 is 1.00 bits per heavy atom. The van der Waals surface area contributed by atoms with Crippen molar-refractivity contribution in [2.24, 2.45) is 5.73 Å². The predicted octanol–water partition coefficient (Wildman–Crippen LogP) is 5.17. The number of carbonyl (C=O) groups is 1.